The van der Waals surface area contributed by atoms with Gasteiger partial charge in [0.25, 0.3) is 21.0 Å². The van der Waals surface area contributed by atoms with Crippen molar-refractivity contribution < 1.29 is 31.1 Å². The van der Waals surface area contributed by atoms with Crippen molar-refractivity contribution >= 4 is 27.5 Å². The highest BCUT2D eigenvalue weighted by Crippen LogP contribution is 2.38. The summed E-state index contributed by atoms with van der Waals surface area (Å²) in [5.74, 6) is -1.17. The normalized spacial score (nSPS) is 12.4. The number of para-hydroxylation sites is 1. The molecule has 0 saturated heterocycles. The number of halogens is 3. The minimum Gasteiger partial charge on any atom is -0.459 e. The third-order valence-corrected chi connectivity index (χ3v) is 4.86. The van der Waals surface area contributed by atoms with Crippen molar-refractivity contribution in [2.24, 2.45) is 0 Å². The maximum absolute atomic E-state index is 13.5. The summed E-state index contributed by atoms with van der Waals surface area (Å²) in [5, 5.41) is 2.93. The molecule has 0 spiro atoms. The van der Waals surface area contributed by atoms with E-state index in [1.807, 2.05) is 0 Å². The molecule has 13 heteroatoms. The Morgan fingerprint density at radius 3 is 2.53 bits per heavy atom. The fraction of sp³-hybridized carbons (Fsp3) is 0.294. The predicted octanol–water partition coefficient (Wildman–Crippen LogP) is 2.82. The second-order valence-electron chi connectivity index (χ2n) is 6.49. The molecular weight excluding hydrogens is 427 g/mol. The molecule has 30 heavy (non-hydrogen) atoms. The van der Waals surface area contributed by atoms with Gasteiger partial charge in [-0.25, -0.2) is 14.3 Å². The molecule has 2 aromatic heterocycles. The topological polar surface area (TPSA) is 116 Å². The van der Waals surface area contributed by atoms with Gasteiger partial charge in [-0.2, -0.15) is 26.6 Å². The van der Waals surface area contributed by atoms with Gasteiger partial charge in [0, 0.05) is 11.9 Å². The number of esters is 1. The van der Waals surface area contributed by atoms with E-state index in [1.54, 1.807) is 17.7 Å². The number of sulfonamides is 1. The van der Waals surface area contributed by atoms with Gasteiger partial charge in [-0.15, -0.1) is 5.10 Å². The summed E-state index contributed by atoms with van der Waals surface area (Å²) >= 11 is 0. The fourth-order valence-corrected chi connectivity index (χ4v) is 3.46. The van der Waals surface area contributed by atoms with Gasteiger partial charge in [-0.3, -0.25) is 4.72 Å². The number of ether oxygens (including phenoxy) is 1. The monoisotopic (exact) mass is 443 g/mol. The number of alkyl halides is 3. The van der Waals surface area contributed by atoms with Crippen LogP contribution in [0.25, 0.3) is 5.78 Å². The van der Waals surface area contributed by atoms with Crippen LogP contribution in [-0.4, -0.2) is 40.1 Å². The van der Waals surface area contributed by atoms with Gasteiger partial charge < -0.3 is 4.74 Å². The summed E-state index contributed by atoms with van der Waals surface area (Å²) in [6, 6.07) is 4.20. The summed E-state index contributed by atoms with van der Waals surface area (Å²) in [6.45, 7) is 4.66. The Morgan fingerprint density at radius 1 is 1.20 bits per heavy atom. The maximum Gasteiger partial charge on any atom is 0.418 e. The number of carbonyl (C=O) groups is 1. The summed E-state index contributed by atoms with van der Waals surface area (Å²) in [7, 11) is -4.70. The molecule has 0 radical (unpaired) electrons. The van der Waals surface area contributed by atoms with E-state index in [1.165, 1.54) is 20.0 Å². The summed E-state index contributed by atoms with van der Waals surface area (Å²) in [5.41, 5.74) is -2.39. The minimum atomic E-state index is -4.95. The number of benzene rings is 1. The molecular formula is C17H16F3N5O4S. The van der Waals surface area contributed by atoms with Crippen molar-refractivity contribution in [3.05, 3.63) is 47.3 Å². The first-order chi connectivity index (χ1) is 13.9. The minimum absolute atomic E-state index is 0.0566. The molecule has 0 aliphatic carbocycles. The molecule has 0 amide bonds. The first-order valence-corrected chi connectivity index (χ1v) is 10.0. The number of hydrogen-bond donors (Lipinski definition) is 1. The SMILES string of the molecule is Cc1ccn2nc(S(=O)(=O)Nc3c(C(=O)OC(C)C)cccc3C(F)(F)F)nc2n1. The van der Waals surface area contributed by atoms with Crippen LogP contribution >= 0.6 is 0 Å². The van der Waals surface area contributed by atoms with Crippen molar-refractivity contribution in [3.63, 3.8) is 0 Å². The van der Waals surface area contributed by atoms with E-state index in [9.17, 15) is 26.4 Å². The van der Waals surface area contributed by atoms with Crippen molar-refractivity contribution in [1.29, 1.82) is 0 Å². The number of anilines is 1. The average molecular weight is 443 g/mol. The molecule has 0 aliphatic rings. The van der Waals surface area contributed by atoms with Gasteiger partial charge >= 0.3 is 12.1 Å². The summed E-state index contributed by atoms with van der Waals surface area (Å²) in [4.78, 5) is 20.0. The standard InChI is InChI=1S/C17H16F3N5O4S/c1-9(2)29-14(26)11-5-4-6-12(17(18,19)20)13(11)24-30(27,28)16-22-15-21-10(3)7-8-25(15)23-16/h4-9,24H,1-3H3. The molecule has 2 heterocycles. The summed E-state index contributed by atoms with van der Waals surface area (Å²) < 4.78 is 73.8. The quantitative estimate of drug-likeness (QED) is 0.603. The van der Waals surface area contributed by atoms with Crippen molar-refractivity contribution in [2.75, 3.05) is 4.72 Å². The lowest BCUT2D eigenvalue weighted by Gasteiger charge is -2.17. The predicted molar refractivity (Wildman–Crippen MR) is 98.3 cm³/mol. The molecule has 0 saturated carbocycles. The van der Waals surface area contributed by atoms with Crippen LogP contribution in [-0.2, 0) is 20.9 Å². The lowest BCUT2D eigenvalue weighted by atomic mass is 10.1. The van der Waals surface area contributed by atoms with E-state index in [0.29, 0.717) is 11.8 Å². The first kappa shape index (κ1) is 21.5. The molecule has 0 unspecified atom stereocenters. The highest BCUT2D eigenvalue weighted by atomic mass is 32.2. The zero-order chi connectivity index (χ0) is 22.3. The molecule has 9 nitrogen and oxygen atoms in total. The van der Waals surface area contributed by atoms with Crippen molar-refractivity contribution in [1.82, 2.24) is 19.6 Å². The Labute approximate surface area is 169 Å². The molecule has 3 aromatic rings. The number of nitrogens with one attached hydrogen (secondary N) is 1. The third kappa shape index (κ3) is 4.35. The van der Waals surface area contributed by atoms with Gasteiger partial charge in [0.05, 0.1) is 22.9 Å². The van der Waals surface area contributed by atoms with Crippen molar-refractivity contribution in [3.8, 4) is 0 Å². The Morgan fingerprint density at radius 2 is 1.90 bits per heavy atom. The lowest BCUT2D eigenvalue weighted by molar-refractivity contribution is -0.136. The fourth-order valence-electron chi connectivity index (χ4n) is 2.49. The molecule has 0 aliphatic heterocycles. The van der Waals surface area contributed by atoms with Crippen LogP contribution in [0.15, 0.2) is 35.6 Å². The molecule has 0 bridgehead atoms. The number of carbonyl (C=O) groups excluding carboxylic acids is 1. The molecule has 1 N–H and O–H groups in total. The third-order valence-electron chi connectivity index (χ3n) is 3.74. The zero-order valence-electron chi connectivity index (χ0n) is 15.9. The lowest BCUT2D eigenvalue weighted by Crippen LogP contribution is -2.22. The van der Waals surface area contributed by atoms with E-state index >= 15 is 0 Å². The van der Waals surface area contributed by atoms with E-state index in [4.69, 9.17) is 4.74 Å². The Balaban J connectivity index is 2.11. The number of fused-ring (bicyclic) bond motifs is 1. The van der Waals surface area contributed by atoms with E-state index < -0.39 is 50.2 Å². The molecule has 160 valence electrons. The number of aryl methyl sites for hydroxylation is 1. The van der Waals surface area contributed by atoms with Crippen LogP contribution in [0.2, 0.25) is 0 Å². The van der Waals surface area contributed by atoms with Crippen LogP contribution in [0.4, 0.5) is 18.9 Å². The van der Waals surface area contributed by atoms with Crippen LogP contribution in [0.1, 0.15) is 35.5 Å². The van der Waals surface area contributed by atoms with Gasteiger partial charge in [-0.05, 0) is 39.0 Å². The van der Waals surface area contributed by atoms with Gasteiger partial charge in [-0.1, -0.05) is 6.07 Å². The van der Waals surface area contributed by atoms with E-state index in [2.05, 4.69) is 15.1 Å². The second kappa shape index (κ2) is 7.55. The average Bonchev–Trinajstić information content (AvgIpc) is 3.04. The molecule has 0 fully saturated rings. The van der Waals surface area contributed by atoms with Crippen LogP contribution in [0.5, 0.6) is 0 Å². The highest BCUT2D eigenvalue weighted by molar-refractivity contribution is 7.92. The number of aromatic nitrogens is 4. The van der Waals surface area contributed by atoms with Crippen LogP contribution < -0.4 is 4.72 Å². The Kier molecular flexibility index (Phi) is 5.41. The number of hydrogen-bond acceptors (Lipinski definition) is 7. The van der Waals surface area contributed by atoms with Crippen LogP contribution in [0, 0.1) is 6.92 Å². The largest absolute Gasteiger partial charge is 0.459 e. The van der Waals surface area contributed by atoms with Gasteiger partial charge in [0.2, 0.25) is 0 Å². The second-order valence-corrected chi connectivity index (χ2v) is 8.07. The Hall–Kier alpha value is -3.22. The summed E-state index contributed by atoms with van der Waals surface area (Å²) in [6.07, 6.45) is -4.18. The molecule has 0 atom stereocenters. The van der Waals surface area contributed by atoms with Gasteiger partial charge in [0.1, 0.15) is 0 Å². The first-order valence-electron chi connectivity index (χ1n) is 8.52. The Bertz CT molecular complexity index is 1220. The van der Waals surface area contributed by atoms with E-state index in [-0.39, 0.29) is 5.78 Å². The van der Waals surface area contributed by atoms with Crippen molar-refractivity contribution in [2.45, 2.75) is 38.2 Å². The van der Waals surface area contributed by atoms with E-state index in [0.717, 1.165) is 16.6 Å². The maximum atomic E-state index is 13.5. The van der Waals surface area contributed by atoms with Crippen LogP contribution in [0.3, 0.4) is 0 Å². The highest BCUT2D eigenvalue weighted by Gasteiger charge is 2.37. The number of rotatable bonds is 5. The molecule has 3 rings (SSSR count). The zero-order valence-corrected chi connectivity index (χ0v) is 16.7. The smallest absolute Gasteiger partial charge is 0.418 e. The molecule has 1 aromatic carbocycles. The van der Waals surface area contributed by atoms with Gasteiger partial charge in [0.15, 0.2) is 0 Å². The number of nitrogens with zero attached hydrogens (tertiary/aromatic N) is 4.